The lowest BCUT2D eigenvalue weighted by Gasteiger charge is -2.18. The molecule has 0 spiro atoms. The molecule has 28 heavy (non-hydrogen) atoms. The summed E-state index contributed by atoms with van der Waals surface area (Å²) in [5.74, 6) is 1.15. The second-order valence-corrected chi connectivity index (χ2v) is 7.17. The zero-order chi connectivity index (χ0) is 20.3. The number of ether oxygens (including phenoxy) is 2. The third-order valence-electron chi connectivity index (χ3n) is 4.40. The van der Waals surface area contributed by atoms with Crippen molar-refractivity contribution < 1.29 is 14.3 Å². The molecule has 0 unspecified atom stereocenters. The fourth-order valence-corrected chi connectivity index (χ4v) is 3.26. The molecule has 1 amide bonds. The Balaban J connectivity index is 1.83. The van der Waals surface area contributed by atoms with Crippen LogP contribution in [-0.2, 0) is 6.54 Å². The Morgan fingerprint density at radius 2 is 1.96 bits per heavy atom. The van der Waals surface area contributed by atoms with E-state index in [0.717, 1.165) is 15.7 Å². The number of hydrogen-bond acceptors (Lipinski definition) is 5. The average Bonchev–Trinajstić information content (AvgIpc) is 3.08. The van der Waals surface area contributed by atoms with Gasteiger partial charge in [0.2, 0.25) is 0 Å². The van der Waals surface area contributed by atoms with Crippen molar-refractivity contribution in [1.29, 1.82) is 0 Å². The molecule has 146 valence electrons. The van der Waals surface area contributed by atoms with Crippen LogP contribution < -0.4 is 9.47 Å². The Hall–Kier alpha value is -2.87. The average molecular weight is 445 g/mol. The lowest BCUT2D eigenvalue weighted by Crippen LogP contribution is -2.27. The van der Waals surface area contributed by atoms with Crippen molar-refractivity contribution in [3.63, 3.8) is 0 Å². The number of carbonyl (C=O) groups is 1. The van der Waals surface area contributed by atoms with E-state index in [1.165, 1.54) is 0 Å². The van der Waals surface area contributed by atoms with E-state index in [1.807, 2.05) is 43.3 Å². The van der Waals surface area contributed by atoms with Gasteiger partial charge in [-0.25, -0.2) is 4.68 Å². The van der Waals surface area contributed by atoms with Gasteiger partial charge in [-0.05, 0) is 37.3 Å². The third kappa shape index (κ3) is 4.01. The zero-order valence-corrected chi connectivity index (χ0v) is 17.7. The molecule has 0 aliphatic rings. The maximum atomic E-state index is 12.9. The Morgan fingerprint density at radius 3 is 2.64 bits per heavy atom. The van der Waals surface area contributed by atoms with Gasteiger partial charge < -0.3 is 14.4 Å². The van der Waals surface area contributed by atoms with Gasteiger partial charge in [0.25, 0.3) is 5.91 Å². The standard InChI is InChI=1S/C20H21BrN4O3/c1-13-19(22-23-25(13)16-7-5-6-15(21)10-16)20(26)24(2)12-14-8-9-17(27-3)11-18(14)28-4/h5-11H,12H2,1-4H3. The highest BCUT2D eigenvalue weighted by molar-refractivity contribution is 9.10. The molecule has 3 aromatic rings. The Labute approximate surface area is 172 Å². The molecule has 1 aromatic heterocycles. The second kappa shape index (κ2) is 8.43. The normalized spacial score (nSPS) is 10.6. The minimum absolute atomic E-state index is 0.211. The first-order valence-electron chi connectivity index (χ1n) is 8.59. The summed E-state index contributed by atoms with van der Waals surface area (Å²) in [5, 5.41) is 8.26. The van der Waals surface area contributed by atoms with Crippen molar-refractivity contribution in [3.8, 4) is 17.2 Å². The van der Waals surface area contributed by atoms with Gasteiger partial charge in [-0.15, -0.1) is 5.10 Å². The summed E-state index contributed by atoms with van der Waals surface area (Å²) < 4.78 is 13.2. The van der Waals surface area contributed by atoms with E-state index in [4.69, 9.17) is 9.47 Å². The van der Waals surface area contributed by atoms with Crippen LogP contribution in [0.5, 0.6) is 11.5 Å². The van der Waals surface area contributed by atoms with Crippen LogP contribution in [0.4, 0.5) is 0 Å². The molecule has 0 radical (unpaired) electrons. The molecule has 2 aromatic carbocycles. The molecule has 0 atom stereocenters. The first-order valence-corrected chi connectivity index (χ1v) is 9.38. The maximum absolute atomic E-state index is 12.9. The van der Waals surface area contributed by atoms with E-state index < -0.39 is 0 Å². The largest absolute Gasteiger partial charge is 0.497 e. The number of hydrogen-bond donors (Lipinski definition) is 0. The fraction of sp³-hybridized carbons (Fsp3) is 0.250. The quantitative estimate of drug-likeness (QED) is 0.580. The van der Waals surface area contributed by atoms with Crippen molar-refractivity contribution in [2.75, 3.05) is 21.3 Å². The van der Waals surface area contributed by atoms with Crippen molar-refractivity contribution >= 4 is 21.8 Å². The predicted octanol–water partition coefficient (Wildman–Crippen LogP) is 3.63. The predicted molar refractivity (Wildman–Crippen MR) is 109 cm³/mol. The van der Waals surface area contributed by atoms with Crippen LogP contribution in [0.15, 0.2) is 46.9 Å². The number of aromatic nitrogens is 3. The number of carbonyl (C=O) groups excluding carboxylic acids is 1. The molecule has 3 rings (SSSR count). The van der Waals surface area contributed by atoms with Crippen LogP contribution in [0.25, 0.3) is 5.69 Å². The molecule has 0 aliphatic carbocycles. The lowest BCUT2D eigenvalue weighted by molar-refractivity contribution is 0.0777. The molecule has 0 aliphatic heterocycles. The Morgan fingerprint density at radius 1 is 1.18 bits per heavy atom. The highest BCUT2D eigenvalue weighted by Gasteiger charge is 2.22. The lowest BCUT2D eigenvalue weighted by atomic mass is 10.1. The van der Waals surface area contributed by atoms with E-state index in [2.05, 4.69) is 26.2 Å². The molecule has 0 saturated heterocycles. The maximum Gasteiger partial charge on any atom is 0.276 e. The molecule has 0 saturated carbocycles. The van der Waals surface area contributed by atoms with Crippen LogP contribution >= 0.6 is 15.9 Å². The molecule has 0 N–H and O–H groups in total. The summed E-state index contributed by atoms with van der Waals surface area (Å²) in [7, 11) is 4.92. The number of benzene rings is 2. The van der Waals surface area contributed by atoms with Gasteiger partial charge in [0.05, 0.1) is 25.6 Å². The van der Waals surface area contributed by atoms with Crippen LogP contribution in [0.1, 0.15) is 21.7 Å². The number of rotatable bonds is 6. The van der Waals surface area contributed by atoms with E-state index >= 15 is 0 Å². The Kier molecular flexibility index (Phi) is 5.99. The summed E-state index contributed by atoms with van der Waals surface area (Å²) in [6, 6.07) is 13.2. The monoisotopic (exact) mass is 444 g/mol. The van der Waals surface area contributed by atoms with Crippen LogP contribution in [0.3, 0.4) is 0 Å². The second-order valence-electron chi connectivity index (χ2n) is 6.25. The van der Waals surface area contributed by atoms with Gasteiger partial charge in [-0.1, -0.05) is 27.2 Å². The summed E-state index contributed by atoms with van der Waals surface area (Å²) in [6.07, 6.45) is 0. The number of amides is 1. The van der Waals surface area contributed by atoms with Gasteiger partial charge >= 0.3 is 0 Å². The van der Waals surface area contributed by atoms with Crippen molar-refractivity contribution in [3.05, 3.63) is 63.9 Å². The number of halogens is 1. The summed E-state index contributed by atoms with van der Waals surface area (Å²) in [4.78, 5) is 14.5. The van der Waals surface area contributed by atoms with Crippen LogP contribution in [0, 0.1) is 6.92 Å². The van der Waals surface area contributed by atoms with Crippen molar-refractivity contribution in [1.82, 2.24) is 19.9 Å². The topological polar surface area (TPSA) is 69.5 Å². The Bertz CT molecular complexity index is 1000. The van der Waals surface area contributed by atoms with Gasteiger partial charge in [0.1, 0.15) is 11.5 Å². The molecule has 0 bridgehead atoms. The zero-order valence-electron chi connectivity index (χ0n) is 16.1. The molecule has 8 heteroatoms. The minimum atomic E-state index is -0.211. The SMILES string of the molecule is COc1ccc(CN(C)C(=O)c2nnn(-c3cccc(Br)c3)c2C)c(OC)c1. The molecular weight excluding hydrogens is 424 g/mol. The van der Waals surface area contributed by atoms with E-state index in [9.17, 15) is 4.79 Å². The molecular formula is C20H21BrN4O3. The fourth-order valence-electron chi connectivity index (χ4n) is 2.87. The van der Waals surface area contributed by atoms with E-state index in [0.29, 0.717) is 29.4 Å². The van der Waals surface area contributed by atoms with E-state index in [-0.39, 0.29) is 5.91 Å². The highest BCUT2D eigenvalue weighted by atomic mass is 79.9. The summed E-state index contributed by atoms with van der Waals surface area (Å²) >= 11 is 3.45. The van der Waals surface area contributed by atoms with Gasteiger partial charge in [-0.3, -0.25) is 4.79 Å². The number of methoxy groups -OCH3 is 2. The van der Waals surface area contributed by atoms with Gasteiger partial charge in [0.15, 0.2) is 5.69 Å². The first kappa shape index (κ1) is 19.9. The smallest absolute Gasteiger partial charge is 0.276 e. The highest BCUT2D eigenvalue weighted by Crippen LogP contribution is 2.26. The van der Waals surface area contributed by atoms with Crippen molar-refractivity contribution in [2.24, 2.45) is 0 Å². The van der Waals surface area contributed by atoms with Crippen LogP contribution in [0.2, 0.25) is 0 Å². The third-order valence-corrected chi connectivity index (χ3v) is 4.89. The molecule has 7 nitrogen and oxygen atoms in total. The van der Waals surface area contributed by atoms with Gasteiger partial charge in [-0.2, -0.15) is 0 Å². The molecule has 0 fully saturated rings. The summed E-state index contributed by atoms with van der Waals surface area (Å²) in [5.41, 5.74) is 2.70. The first-order chi connectivity index (χ1) is 13.4. The van der Waals surface area contributed by atoms with Gasteiger partial charge in [0, 0.05) is 29.7 Å². The number of nitrogens with zero attached hydrogens (tertiary/aromatic N) is 4. The minimum Gasteiger partial charge on any atom is -0.497 e. The molecule has 1 heterocycles. The summed E-state index contributed by atoms with van der Waals surface area (Å²) in [6.45, 7) is 2.20. The van der Waals surface area contributed by atoms with Crippen molar-refractivity contribution in [2.45, 2.75) is 13.5 Å². The van der Waals surface area contributed by atoms with Crippen LogP contribution in [-0.4, -0.2) is 47.1 Å². The van der Waals surface area contributed by atoms with E-state index in [1.54, 1.807) is 36.9 Å².